The minimum Gasteiger partial charge on any atom is -0.341 e. The van der Waals surface area contributed by atoms with Gasteiger partial charge in [-0.25, -0.2) is 0 Å². The minimum absolute atomic E-state index is 0.165. The zero-order valence-corrected chi connectivity index (χ0v) is 12.0. The second-order valence-electron chi connectivity index (χ2n) is 5.12. The van der Waals surface area contributed by atoms with Crippen molar-refractivity contribution in [2.75, 3.05) is 7.05 Å². The first-order valence-corrected chi connectivity index (χ1v) is 6.84. The first kappa shape index (κ1) is 14.3. The van der Waals surface area contributed by atoms with Crippen molar-refractivity contribution in [2.24, 2.45) is 0 Å². The van der Waals surface area contributed by atoms with Gasteiger partial charge in [0.25, 0.3) is 0 Å². The van der Waals surface area contributed by atoms with Gasteiger partial charge in [-0.15, -0.1) is 0 Å². The number of rotatable bonds is 5. The largest absolute Gasteiger partial charge is 0.341 e. The fraction of sp³-hybridized carbons (Fsp3) is 0.294. The number of aromatic nitrogens is 1. The van der Waals surface area contributed by atoms with Crippen molar-refractivity contribution in [1.29, 1.82) is 0 Å². The Morgan fingerprint density at radius 3 is 2.45 bits per heavy atom. The average molecular weight is 268 g/mol. The highest BCUT2D eigenvalue weighted by Crippen LogP contribution is 2.19. The van der Waals surface area contributed by atoms with Gasteiger partial charge in [-0.05, 0) is 29.2 Å². The van der Waals surface area contributed by atoms with Crippen molar-refractivity contribution >= 4 is 5.91 Å². The molecule has 0 aliphatic heterocycles. The fourth-order valence-electron chi connectivity index (χ4n) is 2.17. The Bertz CT molecular complexity index is 539. The zero-order valence-electron chi connectivity index (χ0n) is 12.0. The monoisotopic (exact) mass is 268 g/mol. The van der Waals surface area contributed by atoms with Crippen molar-refractivity contribution in [1.82, 2.24) is 9.88 Å². The molecule has 2 aromatic rings. The number of hydrogen-bond donors (Lipinski definition) is 0. The summed E-state index contributed by atoms with van der Waals surface area (Å²) in [7, 11) is 1.85. The van der Waals surface area contributed by atoms with E-state index in [0.29, 0.717) is 13.0 Å². The van der Waals surface area contributed by atoms with E-state index in [1.165, 1.54) is 5.56 Å². The molecule has 0 spiro atoms. The molecule has 0 fully saturated rings. The molecule has 0 N–H and O–H groups in total. The summed E-state index contributed by atoms with van der Waals surface area (Å²) < 4.78 is 0. The Morgan fingerprint density at radius 2 is 1.80 bits per heavy atom. The second kappa shape index (κ2) is 6.85. The molecular formula is C17H20N2O. The first-order valence-electron chi connectivity index (χ1n) is 6.84. The van der Waals surface area contributed by atoms with Crippen molar-refractivity contribution in [3.8, 4) is 0 Å². The molecule has 3 nitrogen and oxygen atoms in total. The van der Waals surface area contributed by atoms with Crippen LogP contribution in [0.1, 0.15) is 30.4 Å². The quantitative estimate of drug-likeness (QED) is 0.834. The van der Waals surface area contributed by atoms with Gasteiger partial charge in [0.2, 0.25) is 5.91 Å². The van der Waals surface area contributed by atoms with Gasteiger partial charge in [0.05, 0.1) is 0 Å². The molecule has 0 saturated carbocycles. The Kier molecular flexibility index (Phi) is 4.88. The Morgan fingerprint density at radius 1 is 1.15 bits per heavy atom. The highest BCUT2D eigenvalue weighted by Gasteiger charge is 2.14. The van der Waals surface area contributed by atoms with Gasteiger partial charge in [-0.1, -0.05) is 37.3 Å². The number of hydrogen-bond acceptors (Lipinski definition) is 2. The highest BCUT2D eigenvalue weighted by molar-refractivity contribution is 5.76. The van der Waals surface area contributed by atoms with Crippen LogP contribution in [0.5, 0.6) is 0 Å². The molecule has 0 aliphatic carbocycles. The lowest BCUT2D eigenvalue weighted by atomic mass is 9.97. The molecule has 1 aromatic heterocycles. The maximum Gasteiger partial charge on any atom is 0.223 e. The summed E-state index contributed by atoms with van der Waals surface area (Å²) in [5.41, 5.74) is 2.31. The van der Waals surface area contributed by atoms with Gasteiger partial charge in [-0.2, -0.15) is 0 Å². The number of carbonyl (C=O) groups excluding carboxylic acids is 1. The van der Waals surface area contributed by atoms with Crippen LogP contribution in [0.25, 0.3) is 0 Å². The summed E-state index contributed by atoms with van der Waals surface area (Å²) in [5, 5.41) is 0. The van der Waals surface area contributed by atoms with Crippen LogP contribution in [-0.2, 0) is 11.3 Å². The lowest BCUT2D eigenvalue weighted by molar-refractivity contribution is -0.130. The van der Waals surface area contributed by atoms with E-state index in [2.05, 4.69) is 24.0 Å². The van der Waals surface area contributed by atoms with Crippen LogP contribution in [0.15, 0.2) is 54.9 Å². The number of pyridine rings is 1. The molecule has 1 aromatic carbocycles. The topological polar surface area (TPSA) is 33.2 Å². The van der Waals surface area contributed by atoms with Crippen molar-refractivity contribution < 1.29 is 4.79 Å². The molecule has 1 amide bonds. The lowest BCUT2D eigenvalue weighted by Gasteiger charge is -2.20. The number of carbonyl (C=O) groups is 1. The Balaban J connectivity index is 1.91. The molecule has 0 unspecified atom stereocenters. The fourth-order valence-corrected chi connectivity index (χ4v) is 2.17. The van der Waals surface area contributed by atoms with Gasteiger partial charge in [0.15, 0.2) is 0 Å². The molecular weight excluding hydrogens is 248 g/mol. The van der Waals surface area contributed by atoms with Crippen LogP contribution in [0, 0.1) is 0 Å². The number of amides is 1. The summed E-state index contributed by atoms with van der Waals surface area (Å²) >= 11 is 0. The molecule has 2 rings (SSSR count). The van der Waals surface area contributed by atoms with Gasteiger partial charge in [0, 0.05) is 32.4 Å². The van der Waals surface area contributed by atoms with E-state index in [-0.39, 0.29) is 11.8 Å². The van der Waals surface area contributed by atoms with Crippen LogP contribution in [0.3, 0.4) is 0 Å². The normalized spacial score (nSPS) is 11.9. The van der Waals surface area contributed by atoms with Gasteiger partial charge in [-0.3, -0.25) is 9.78 Å². The third-order valence-electron chi connectivity index (χ3n) is 3.44. The third kappa shape index (κ3) is 3.92. The van der Waals surface area contributed by atoms with E-state index in [1.807, 2.05) is 37.4 Å². The van der Waals surface area contributed by atoms with Crippen LogP contribution >= 0.6 is 0 Å². The maximum atomic E-state index is 12.2. The van der Waals surface area contributed by atoms with E-state index in [4.69, 9.17) is 0 Å². The molecule has 0 aliphatic rings. The molecule has 0 bridgehead atoms. The highest BCUT2D eigenvalue weighted by atomic mass is 16.2. The predicted octanol–water partition coefficient (Wildman–Crippen LogP) is 3.23. The van der Waals surface area contributed by atoms with Crippen molar-refractivity contribution in [3.05, 3.63) is 66.0 Å². The molecule has 20 heavy (non-hydrogen) atoms. The average Bonchev–Trinajstić information content (AvgIpc) is 2.49. The summed E-state index contributed by atoms with van der Waals surface area (Å²) in [6.45, 7) is 2.72. The van der Waals surface area contributed by atoms with Crippen molar-refractivity contribution in [3.63, 3.8) is 0 Å². The van der Waals surface area contributed by atoms with Crippen LogP contribution in [0.4, 0.5) is 0 Å². The Hall–Kier alpha value is -2.16. The minimum atomic E-state index is 0.165. The van der Waals surface area contributed by atoms with Gasteiger partial charge in [0.1, 0.15) is 0 Å². The zero-order chi connectivity index (χ0) is 14.4. The standard InChI is InChI=1S/C17H20N2O/c1-14(16-6-4-3-5-7-16)12-17(20)19(2)13-15-8-10-18-11-9-15/h3-11,14H,12-13H2,1-2H3/t14-/m1/s1. The lowest BCUT2D eigenvalue weighted by Crippen LogP contribution is -2.27. The molecule has 0 saturated heterocycles. The Labute approximate surface area is 120 Å². The summed E-state index contributed by atoms with van der Waals surface area (Å²) in [5.74, 6) is 0.404. The van der Waals surface area contributed by atoms with E-state index in [9.17, 15) is 4.79 Å². The van der Waals surface area contributed by atoms with Gasteiger partial charge < -0.3 is 4.90 Å². The molecule has 3 heteroatoms. The number of benzene rings is 1. The molecule has 104 valence electrons. The molecule has 1 heterocycles. The summed E-state index contributed by atoms with van der Waals surface area (Å²) in [6.07, 6.45) is 4.03. The predicted molar refractivity (Wildman–Crippen MR) is 80.2 cm³/mol. The summed E-state index contributed by atoms with van der Waals surface area (Å²) in [6, 6.07) is 14.0. The third-order valence-corrected chi connectivity index (χ3v) is 3.44. The van der Waals surface area contributed by atoms with Crippen LogP contribution < -0.4 is 0 Å². The van der Waals surface area contributed by atoms with E-state index >= 15 is 0 Å². The molecule has 0 radical (unpaired) electrons. The SMILES string of the molecule is C[C@H](CC(=O)N(C)Cc1ccncc1)c1ccccc1. The van der Waals surface area contributed by atoms with Crippen LogP contribution in [-0.4, -0.2) is 22.8 Å². The van der Waals surface area contributed by atoms with E-state index in [1.54, 1.807) is 17.3 Å². The smallest absolute Gasteiger partial charge is 0.223 e. The summed E-state index contributed by atoms with van der Waals surface area (Å²) in [4.78, 5) is 18.0. The van der Waals surface area contributed by atoms with Gasteiger partial charge >= 0.3 is 0 Å². The number of nitrogens with zero attached hydrogens (tertiary/aromatic N) is 2. The first-order chi connectivity index (χ1) is 9.66. The van der Waals surface area contributed by atoms with E-state index < -0.39 is 0 Å². The van der Waals surface area contributed by atoms with E-state index in [0.717, 1.165) is 5.56 Å². The second-order valence-corrected chi connectivity index (χ2v) is 5.12. The maximum absolute atomic E-state index is 12.2. The van der Waals surface area contributed by atoms with Crippen molar-refractivity contribution in [2.45, 2.75) is 25.8 Å². The van der Waals surface area contributed by atoms with Crippen LogP contribution in [0.2, 0.25) is 0 Å². The molecule has 1 atom stereocenters.